The molecule has 0 unspecified atom stereocenters. The number of rotatable bonds is 5. The van der Waals surface area contributed by atoms with Crippen LogP contribution in [0.5, 0.6) is 0 Å². The third-order valence-corrected chi connectivity index (χ3v) is 6.04. The minimum absolute atomic E-state index is 0.0295. The summed E-state index contributed by atoms with van der Waals surface area (Å²) >= 11 is 4.95. The molecule has 0 aliphatic carbocycles. The van der Waals surface area contributed by atoms with E-state index >= 15 is 0 Å². The van der Waals surface area contributed by atoms with Crippen molar-refractivity contribution in [3.63, 3.8) is 0 Å². The number of nitrogens with one attached hydrogen (secondary N) is 1. The van der Waals surface area contributed by atoms with Crippen LogP contribution in [-0.2, 0) is 4.79 Å². The lowest BCUT2D eigenvalue weighted by Crippen LogP contribution is -2.14. The Kier molecular flexibility index (Phi) is 6.63. The number of nitriles is 1. The number of halogens is 1. The maximum atomic E-state index is 12.5. The van der Waals surface area contributed by atoms with Gasteiger partial charge in [-0.15, -0.1) is 0 Å². The van der Waals surface area contributed by atoms with Crippen molar-refractivity contribution >= 4 is 45.4 Å². The van der Waals surface area contributed by atoms with Crippen LogP contribution in [0, 0.1) is 32.1 Å². The molecule has 6 heteroatoms. The second-order valence-electron chi connectivity index (χ2n) is 6.64. The van der Waals surface area contributed by atoms with Gasteiger partial charge in [-0.05, 0) is 66.5 Å². The fraction of sp³-hybridized carbons (Fsp3) is 0.130. The zero-order valence-electron chi connectivity index (χ0n) is 16.2. The van der Waals surface area contributed by atoms with Crippen molar-refractivity contribution < 1.29 is 9.21 Å². The van der Waals surface area contributed by atoms with Gasteiger partial charge in [-0.2, -0.15) is 5.26 Å². The van der Waals surface area contributed by atoms with Gasteiger partial charge < -0.3 is 9.73 Å². The molecule has 0 atom stereocenters. The van der Waals surface area contributed by atoms with E-state index in [1.165, 1.54) is 23.4 Å². The van der Waals surface area contributed by atoms with Crippen molar-refractivity contribution in [2.45, 2.75) is 30.8 Å². The molecule has 3 aromatic rings. The number of aryl methyl sites for hydroxylation is 3. The molecule has 3 rings (SSSR count). The minimum Gasteiger partial charge on any atom is -0.449 e. The molecular weight excluding hydrogens is 448 g/mol. The highest BCUT2D eigenvalue weighted by Crippen LogP contribution is 2.36. The van der Waals surface area contributed by atoms with Crippen LogP contribution in [0.4, 0.5) is 5.69 Å². The molecule has 0 saturated carbocycles. The monoisotopic (exact) mass is 466 g/mol. The van der Waals surface area contributed by atoms with Crippen LogP contribution in [0.15, 0.2) is 73.0 Å². The third-order valence-electron chi connectivity index (χ3n) is 4.19. The first kappa shape index (κ1) is 21.0. The number of carbonyl (C=O) groups excluding carboxylic acids is 1. The molecule has 1 amide bonds. The van der Waals surface area contributed by atoms with Crippen molar-refractivity contribution in [1.82, 2.24) is 0 Å². The fourth-order valence-electron chi connectivity index (χ4n) is 2.66. The maximum absolute atomic E-state index is 12.5. The predicted molar refractivity (Wildman–Crippen MR) is 120 cm³/mol. The van der Waals surface area contributed by atoms with E-state index in [0.29, 0.717) is 16.5 Å². The van der Waals surface area contributed by atoms with Gasteiger partial charge in [0.2, 0.25) is 0 Å². The molecular formula is C23H19BrN2O2S. The third kappa shape index (κ3) is 5.41. The molecule has 29 heavy (non-hydrogen) atoms. The summed E-state index contributed by atoms with van der Waals surface area (Å²) in [6, 6.07) is 17.5. The van der Waals surface area contributed by atoms with E-state index < -0.39 is 5.91 Å². The number of carbonyl (C=O) groups is 1. The average molecular weight is 467 g/mol. The largest absolute Gasteiger partial charge is 0.449 e. The number of anilines is 1. The first-order chi connectivity index (χ1) is 13.9. The van der Waals surface area contributed by atoms with Crippen LogP contribution in [-0.4, -0.2) is 5.91 Å². The van der Waals surface area contributed by atoms with Gasteiger partial charge in [0.25, 0.3) is 5.91 Å². The van der Waals surface area contributed by atoms with Gasteiger partial charge in [0.05, 0.1) is 4.47 Å². The van der Waals surface area contributed by atoms with Crippen molar-refractivity contribution in [2.75, 3.05) is 5.32 Å². The van der Waals surface area contributed by atoms with Gasteiger partial charge in [-0.25, -0.2) is 0 Å². The number of benzene rings is 2. The highest BCUT2D eigenvalue weighted by molar-refractivity contribution is 9.10. The van der Waals surface area contributed by atoms with E-state index in [1.807, 2.05) is 69.3 Å². The van der Waals surface area contributed by atoms with Gasteiger partial charge in [0.15, 0.2) is 5.09 Å². The first-order valence-electron chi connectivity index (χ1n) is 8.90. The summed E-state index contributed by atoms with van der Waals surface area (Å²) in [7, 11) is 0. The van der Waals surface area contributed by atoms with E-state index in [9.17, 15) is 10.1 Å². The number of nitrogens with zero attached hydrogens (tertiary/aromatic N) is 1. The summed E-state index contributed by atoms with van der Waals surface area (Å²) in [5, 5.41) is 12.9. The first-order valence-corrected chi connectivity index (χ1v) is 10.5. The molecule has 1 N–H and O–H groups in total. The molecule has 0 fully saturated rings. The van der Waals surface area contributed by atoms with Crippen LogP contribution in [0.1, 0.15) is 22.5 Å². The second-order valence-corrected chi connectivity index (χ2v) is 8.54. The predicted octanol–water partition coefficient (Wildman–Crippen LogP) is 6.66. The number of hydrogen-bond acceptors (Lipinski definition) is 4. The SMILES string of the molecule is Cc1ccc(Sc2oc(C=C(C#N)C(=O)Nc3ccc(C)cc3C)cc2Br)cc1. The maximum Gasteiger partial charge on any atom is 0.266 e. The van der Waals surface area contributed by atoms with Crippen LogP contribution >= 0.6 is 27.7 Å². The Hall–Kier alpha value is -2.75. The van der Waals surface area contributed by atoms with Crippen LogP contribution in [0.25, 0.3) is 6.08 Å². The molecule has 0 radical (unpaired) electrons. The Balaban J connectivity index is 1.79. The standard InChI is InChI=1S/C23H19BrN2O2S/c1-14-4-7-19(8-5-14)29-23-20(24)12-18(28-23)11-17(13-25)22(27)26-21-9-6-15(2)10-16(21)3/h4-12H,1-3H3,(H,26,27). The normalized spacial score (nSPS) is 11.2. The Morgan fingerprint density at radius 3 is 2.45 bits per heavy atom. The van der Waals surface area contributed by atoms with Crippen molar-refractivity contribution in [1.29, 1.82) is 5.26 Å². The van der Waals surface area contributed by atoms with Gasteiger partial charge in [0, 0.05) is 16.7 Å². The molecule has 0 aliphatic rings. The van der Waals surface area contributed by atoms with Crippen LogP contribution < -0.4 is 5.32 Å². The lowest BCUT2D eigenvalue weighted by atomic mass is 10.1. The number of amides is 1. The lowest BCUT2D eigenvalue weighted by molar-refractivity contribution is -0.112. The van der Waals surface area contributed by atoms with Crippen LogP contribution in [0.3, 0.4) is 0 Å². The Labute approximate surface area is 182 Å². The van der Waals surface area contributed by atoms with E-state index in [4.69, 9.17) is 4.42 Å². The van der Waals surface area contributed by atoms with E-state index in [1.54, 1.807) is 6.07 Å². The van der Waals surface area contributed by atoms with Crippen LogP contribution in [0.2, 0.25) is 0 Å². The molecule has 0 saturated heterocycles. The van der Waals surface area contributed by atoms with Crippen molar-refractivity contribution in [2.24, 2.45) is 0 Å². The minimum atomic E-state index is -0.472. The molecule has 146 valence electrons. The van der Waals surface area contributed by atoms with E-state index in [2.05, 4.69) is 21.2 Å². The summed E-state index contributed by atoms with van der Waals surface area (Å²) in [6.07, 6.45) is 1.45. The van der Waals surface area contributed by atoms with E-state index in [0.717, 1.165) is 20.5 Å². The smallest absolute Gasteiger partial charge is 0.266 e. The lowest BCUT2D eigenvalue weighted by Gasteiger charge is -2.08. The highest BCUT2D eigenvalue weighted by Gasteiger charge is 2.14. The highest BCUT2D eigenvalue weighted by atomic mass is 79.9. The molecule has 0 aliphatic heterocycles. The Morgan fingerprint density at radius 1 is 1.10 bits per heavy atom. The number of furan rings is 1. The summed E-state index contributed by atoms with van der Waals surface area (Å²) in [5.41, 5.74) is 3.88. The second kappa shape index (κ2) is 9.17. The van der Waals surface area contributed by atoms with Gasteiger partial charge in [0.1, 0.15) is 17.4 Å². The molecule has 1 heterocycles. The quantitative estimate of drug-likeness (QED) is 0.337. The number of hydrogen-bond donors (Lipinski definition) is 1. The molecule has 2 aromatic carbocycles. The van der Waals surface area contributed by atoms with Gasteiger partial charge in [-0.3, -0.25) is 4.79 Å². The molecule has 1 aromatic heterocycles. The summed E-state index contributed by atoms with van der Waals surface area (Å²) in [4.78, 5) is 13.6. The summed E-state index contributed by atoms with van der Waals surface area (Å²) in [6.45, 7) is 5.93. The Bertz CT molecular complexity index is 1120. The van der Waals surface area contributed by atoms with Gasteiger partial charge >= 0.3 is 0 Å². The van der Waals surface area contributed by atoms with Crippen molar-refractivity contribution in [3.05, 3.63) is 81.0 Å². The van der Waals surface area contributed by atoms with Gasteiger partial charge in [-0.1, -0.05) is 47.2 Å². The molecule has 0 spiro atoms. The molecule has 4 nitrogen and oxygen atoms in total. The topological polar surface area (TPSA) is 66.0 Å². The fourth-order valence-corrected chi connectivity index (χ4v) is 3.99. The zero-order valence-corrected chi connectivity index (χ0v) is 18.6. The zero-order chi connectivity index (χ0) is 21.0. The van der Waals surface area contributed by atoms with Crippen molar-refractivity contribution in [3.8, 4) is 6.07 Å². The average Bonchev–Trinajstić information content (AvgIpc) is 3.02. The summed E-state index contributed by atoms with van der Waals surface area (Å²) < 4.78 is 6.59. The summed E-state index contributed by atoms with van der Waals surface area (Å²) in [5.74, 6) is -0.0430. The Morgan fingerprint density at radius 2 is 1.79 bits per heavy atom. The van der Waals surface area contributed by atoms with E-state index in [-0.39, 0.29) is 5.57 Å². The molecule has 0 bridgehead atoms.